The molecule has 4 heteroatoms. The van der Waals surface area contributed by atoms with Crippen LogP contribution < -0.4 is 0 Å². The van der Waals surface area contributed by atoms with Gasteiger partial charge in [-0.3, -0.25) is 0 Å². The third-order valence-electron chi connectivity index (χ3n) is 5.13. The lowest BCUT2D eigenvalue weighted by molar-refractivity contribution is -0.134. The molecule has 2 N–H and O–H groups in total. The second kappa shape index (κ2) is 11.3. The Morgan fingerprint density at radius 3 is 2.29 bits per heavy atom. The molecular weight excluding hydrogens is 352 g/mol. The van der Waals surface area contributed by atoms with Crippen LogP contribution in [0.2, 0.25) is 0 Å². The fraction of sp³-hybridized carbons (Fsp3) is 0.417. The van der Waals surface area contributed by atoms with Gasteiger partial charge >= 0.3 is 11.9 Å². The Bertz CT molecular complexity index is 730. The number of allylic oxidation sites excluding steroid dienone is 2. The zero-order chi connectivity index (χ0) is 21.2. The van der Waals surface area contributed by atoms with Gasteiger partial charge in [-0.1, -0.05) is 94.7 Å². The van der Waals surface area contributed by atoms with Crippen LogP contribution in [0, 0.1) is 11.3 Å². The summed E-state index contributed by atoms with van der Waals surface area (Å²) in [6.07, 6.45) is 9.48. The topological polar surface area (TPSA) is 74.6 Å². The number of unbranched alkanes of at least 4 members (excludes halogenated alkanes) is 1. The molecule has 2 unspecified atom stereocenters. The average Bonchev–Trinajstić information content (AvgIpc) is 2.68. The zero-order valence-corrected chi connectivity index (χ0v) is 17.1. The van der Waals surface area contributed by atoms with Crippen molar-refractivity contribution in [2.45, 2.75) is 52.9 Å². The highest BCUT2D eigenvalue weighted by atomic mass is 16.4. The number of hydrogen-bond donors (Lipinski definition) is 2. The van der Waals surface area contributed by atoms with Crippen LogP contribution in [-0.4, -0.2) is 22.2 Å². The molecule has 28 heavy (non-hydrogen) atoms. The van der Waals surface area contributed by atoms with Gasteiger partial charge in [0.05, 0.1) is 0 Å². The lowest BCUT2D eigenvalue weighted by atomic mass is 9.78. The summed E-state index contributed by atoms with van der Waals surface area (Å²) in [6.45, 7) is 9.58. The fourth-order valence-electron chi connectivity index (χ4n) is 3.12. The summed E-state index contributed by atoms with van der Waals surface area (Å²) < 4.78 is 0. The summed E-state index contributed by atoms with van der Waals surface area (Å²) in [5.74, 6) is -1.88. The number of carboxylic acids is 2. The highest BCUT2D eigenvalue weighted by Gasteiger charge is 2.29. The van der Waals surface area contributed by atoms with E-state index < -0.39 is 17.4 Å². The van der Waals surface area contributed by atoms with Crippen molar-refractivity contribution < 1.29 is 19.8 Å². The molecule has 0 fully saturated rings. The van der Waals surface area contributed by atoms with Gasteiger partial charge in [-0.15, -0.1) is 0 Å². The van der Waals surface area contributed by atoms with Crippen LogP contribution in [0.3, 0.4) is 0 Å². The predicted molar refractivity (Wildman–Crippen MR) is 114 cm³/mol. The molecule has 0 aromatic heterocycles. The summed E-state index contributed by atoms with van der Waals surface area (Å²) in [5, 5.41) is 19.2. The first-order chi connectivity index (χ1) is 13.2. The Labute approximate surface area is 168 Å². The van der Waals surface area contributed by atoms with Gasteiger partial charge < -0.3 is 10.2 Å². The van der Waals surface area contributed by atoms with E-state index in [9.17, 15) is 19.8 Å². The van der Waals surface area contributed by atoms with Crippen molar-refractivity contribution in [1.82, 2.24) is 0 Å². The number of carbonyl (C=O) groups is 2. The van der Waals surface area contributed by atoms with Crippen molar-refractivity contribution in [2.24, 2.45) is 11.3 Å². The van der Waals surface area contributed by atoms with Gasteiger partial charge in [0.2, 0.25) is 0 Å². The van der Waals surface area contributed by atoms with Crippen molar-refractivity contribution in [2.75, 3.05) is 0 Å². The van der Waals surface area contributed by atoms with Crippen LogP contribution in [0.15, 0.2) is 60.2 Å². The molecule has 2 atom stereocenters. The largest absolute Gasteiger partial charge is 0.478 e. The Balaban J connectivity index is 3.28. The molecule has 0 aliphatic heterocycles. The van der Waals surface area contributed by atoms with Crippen molar-refractivity contribution in [3.05, 3.63) is 65.8 Å². The quantitative estimate of drug-likeness (QED) is 0.436. The minimum absolute atomic E-state index is 0.0555. The van der Waals surface area contributed by atoms with Crippen LogP contribution >= 0.6 is 0 Å². The van der Waals surface area contributed by atoms with Gasteiger partial charge in [0, 0.05) is 16.6 Å². The van der Waals surface area contributed by atoms with Gasteiger partial charge in [0.1, 0.15) is 0 Å². The molecule has 1 aromatic rings. The summed E-state index contributed by atoms with van der Waals surface area (Å²) in [5.41, 5.74) is -0.00416. The number of rotatable bonds is 12. The maximum absolute atomic E-state index is 11.9. The van der Waals surface area contributed by atoms with Crippen molar-refractivity contribution in [3.8, 4) is 0 Å². The number of hydrogen-bond acceptors (Lipinski definition) is 2. The van der Waals surface area contributed by atoms with E-state index >= 15 is 0 Å². The van der Waals surface area contributed by atoms with E-state index in [0.29, 0.717) is 6.42 Å². The molecule has 0 aliphatic carbocycles. The molecule has 152 valence electrons. The highest BCUT2D eigenvalue weighted by molar-refractivity contribution is 5.91. The third kappa shape index (κ3) is 7.18. The van der Waals surface area contributed by atoms with E-state index in [4.69, 9.17) is 0 Å². The smallest absolute Gasteiger partial charge is 0.332 e. The molecule has 0 bridgehead atoms. The first-order valence-electron chi connectivity index (χ1n) is 9.85. The van der Waals surface area contributed by atoms with Crippen LogP contribution in [0.4, 0.5) is 0 Å². The van der Waals surface area contributed by atoms with Gasteiger partial charge in [0.25, 0.3) is 0 Å². The van der Waals surface area contributed by atoms with Crippen molar-refractivity contribution >= 4 is 18.0 Å². The maximum Gasteiger partial charge on any atom is 0.332 e. The Morgan fingerprint density at radius 2 is 1.79 bits per heavy atom. The van der Waals surface area contributed by atoms with Gasteiger partial charge in [-0.25, -0.2) is 9.59 Å². The number of aliphatic carboxylic acids is 2. The van der Waals surface area contributed by atoms with Crippen molar-refractivity contribution in [3.63, 3.8) is 0 Å². The van der Waals surface area contributed by atoms with Crippen molar-refractivity contribution in [1.29, 1.82) is 0 Å². The minimum Gasteiger partial charge on any atom is -0.478 e. The van der Waals surface area contributed by atoms with Gasteiger partial charge in [-0.2, -0.15) is 0 Å². The third-order valence-corrected chi connectivity index (χ3v) is 5.13. The molecule has 0 saturated heterocycles. The molecule has 0 heterocycles. The van der Waals surface area contributed by atoms with Crippen LogP contribution in [-0.2, 0) is 9.59 Å². The zero-order valence-electron chi connectivity index (χ0n) is 17.1. The van der Waals surface area contributed by atoms with E-state index in [2.05, 4.69) is 20.4 Å². The molecule has 0 radical (unpaired) electrons. The van der Waals surface area contributed by atoms with Crippen LogP contribution in [0.25, 0.3) is 6.08 Å². The Hall–Kier alpha value is -2.62. The maximum atomic E-state index is 11.9. The Kier molecular flexibility index (Phi) is 9.43. The normalized spacial score (nSPS) is 15.2. The van der Waals surface area contributed by atoms with E-state index in [1.54, 1.807) is 25.2 Å². The second-order valence-corrected chi connectivity index (χ2v) is 7.41. The molecule has 0 amide bonds. The summed E-state index contributed by atoms with van der Waals surface area (Å²) in [7, 11) is 0. The molecule has 1 aromatic carbocycles. The molecular formula is C24H32O4. The molecule has 0 spiro atoms. The lowest BCUT2D eigenvalue weighted by Crippen LogP contribution is -2.22. The molecule has 1 rings (SSSR count). The average molecular weight is 385 g/mol. The van der Waals surface area contributed by atoms with E-state index in [-0.39, 0.29) is 17.1 Å². The lowest BCUT2D eigenvalue weighted by Gasteiger charge is -2.24. The first-order valence-corrected chi connectivity index (χ1v) is 9.85. The van der Waals surface area contributed by atoms with E-state index in [1.165, 1.54) is 0 Å². The standard InChI is InChI=1S/C24H32O4/c1-5-7-11-19(6-2)16-21(23(27)28)17-24(4,18(3)22(25)26)15-14-20-12-9-8-10-13-20/h8-10,12-15,17,19H,3,5-7,11,16H2,1-2,4H3,(H,25,26)(H,27,28). The summed E-state index contributed by atoms with van der Waals surface area (Å²) in [6, 6.07) is 9.48. The minimum atomic E-state index is -1.14. The monoisotopic (exact) mass is 384 g/mol. The number of carboxylic acid groups (broad SMARTS) is 2. The van der Waals surface area contributed by atoms with Gasteiger partial charge in [0.15, 0.2) is 0 Å². The SMILES string of the molecule is C=C(C(=O)O)C(C)(C=Cc1ccccc1)C=C(CC(CC)CCCC)C(=O)O. The first kappa shape index (κ1) is 23.4. The second-order valence-electron chi connectivity index (χ2n) is 7.41. The van der Waals surface area contributed by atoms with Gasteiger partial charge in [-0.05, 0) is 24.8 Å². The fourth-order valence-corrected chi connectivity index (χ4v) is 3.12. The van der Waals surface area contributed by atoms with E-state index in [1.807, 2.05) is 30.3 Å². The Morgan fingerprint density at radius 1 is 1.14 bits per heavy atom. The predicted octanol–water partition coefficient (Wildman–Crippen LogP) is 5.96. The molecule has 0 saturated carbocycles. The van der Waals surface area contributed by atoms with Crippen LogP contribution in [0.5, 0.6) is 0 Å². The summed E-state index contributed by atoms with van der Waals surface area (Å²) >= 11 is 0. The molecule has 4 nitrogen and oxygen atoms in total. The number of benzene rings is 1. The van der Waals surface area contributed by atoms with E-state index in [0.717, 1.165) is 31.2 Å². The highest BCUT2D eigenvalue weighted by Crippen LogP contribution is 2.34. The summed E-state index contributed by atoms with van der Waals surface area (Å²) in [4.78, 5) is 23.5. The van der Waals surface area contributed by atoms with Crippen LogP contribution in [0.1, 0.15) is 58.4 Å². The molecule has 0 aliphatic rings.